The van der Waals surface area contributed by atoms with E-state index in [-0.39, 0.29) is 0 Å². The summed E-state index contributed by atoms with van der Waals surface area (Å²) in [5.41, 5.74) is 2.24. The molecule has 1 unspecified atom stereocenters. The Bertz CT molecular complexity index is 338. The van der Waals surface area contributed by atoms with E-state index in [1.54, 1.807) is 0 Å². The Labute approximate surface area is 90.8 Å². The zero-order valence-electron chi connectivity index (χ0n) is 9.34. The molecule has 0 bridgehead atoms. The Kier molecular flexibility index (Phi) is 2.99. The van der Waals surface area contributed by atoms with Crippen LogP contribution in [0.25, 0.3) is 0 Å². The van der Waals surface area contributed by atoms with Crippen LogP contribution in [-0.2, 0) is 0 Å². The van der Waals surface area contributed by atoms with Crippen molar-refractivity contribution < 1.29 is 4.74 Å². The van der Waals surface area contributed by atoms with Crippen LogP contribution in [-0.4, -0.2) is 19.2 Å². The van der Waals surface area contributed by atoms with Crippen molar-refractivity contribution in [1.29, 1.82) is 0 Å². The topological polar surface area (TPSA) is 33.3 Å². The first-order valence-electron chi connectivity index (χ1n) is 5.57. The molecule has 0 aromatic heterocycles. The summed E-state index contributed by atoms with van der Waals surface area (Å²) in [5.74, 6) is 0.953. The Hall–Kier alpha value is -1.38. The smallest absolute Gasteiger partial charge is 0.144 e. The van der Waals surface area contributed by atoms with Gasteiger partial charge in [0.2, 0.25) is 0 Å². The van der Waals surface area contributed by atoms with Gasteiger partial charge in [-0.1, -0.05) is 13.0 Å². The number of hydrogen-bond acceptors (Lipinski definition) is 3. The molecule has 0 saturated carbocycles. The van der Waals surface area contributed by atoms with Crippen molar-refractivity contribution in [3.8, 4) is 5.75 Å². The van der Waals surface area contributed by atoms with Gasteiger partial charge < -0.3 is 15.4 Å². The highest BCUT2D eigenvalue weighted by Gasteiger charge is 2.16. The molecule has 1 atom stereocenters. The molecule has 0 radical (unpaired) electrons. The summed E-state index contributed by atoms with van der Waals surface area (Å²) in [6.07, 6.45) is 1.04. The third-order valence-corrected chi connectivity index (χ3v) is 2.47. The summed E-state index contributed by atoms with van der Waals surface area (Å²) in [6, 6.07) is 6.59. The van der Waals surface area contributed by atoms with Crippen molar-refractivity contribution in [2.75, 3.05) is 23.8 Å². The number of ether oxygens (including phenoxy) is 1. The fraction of sp³-hybridized carbons (Fsp3) is 0.500. The lowest BCUT2D eigenvalue weighted by Gasteiger charge is -2.27. The summed E-state index contributed by atoms with van der Waals surface area (Å²) in [7, 11) is 0. The molecule has 1 aliphatic heterocycles. The van der Waals surface area contributed by atoms with E-state index in [9.17, 15) is 0 Å². The molecule has 1 heterocycles. The molecular weight excluding hydrogens is 188 g/mol. The van der Waals surface area contributed by atoms with Crippen LogP contribution in [0.15, 0.2) is 18.2 Å². The van der Waals surface area contributed by atoms with Gasteiger partial charge in [0, 0.05) is 12.6 Å². The molecule has 0 fully saturated rings. The first-order chi connectivity index (χ1) is 7.31. The quantitative estimate of drug-likeness (QED) is 0.797. The molecule has 2 N–H and O–H groups in total. The predicted octanol–water partition coefficient (Wildman–Crippen LogP) is 2.70. The van der Waals surface area contributed by atoms with E-state index in [4.69, 9.17) is 4.74 Å². The largest absolute Gasteiger partial charge is 0.491 e. The predicted molar refractivity (Wildman–Crippen MR) is 63.8 cm³/mol. The zero-order valence-corrected chi connectivity index (χ0v) is 9.34. The summed E-state index contributed by atoms with van der Waals surface area (Å²) in [6.45, 7) is 5.99. The summed E-state index contributed by atoms with van der Waals surface area (Å²) in [5, 5.41) is 6.84. The highest BCUT2D eigenvalue weighted by molar-refractivity contribution is 5.77. The highest BCUT2D eigenvalue weighted by Crippen LogP contribution is 2.35. The van der Waals surface area contributed by atoms with Gasteiger partial charge in [-0.05, 0) is 25.5 Å². The van der Waals surface area contributed by atoms with E-state index in [1.807, 2.05) is 12.1 Å². The Morgan fingerprint density at radius 3 is 3.13 bits per heavy atom. The third kappa shape index (κ3) is 2.17. The fourth-order valence-corrected chi connectivity index (χ4v) is 1.74. The molecule has 0 amide bonds. The second-order valence-electron chi connectivity index (χ2n) is 3.95. The van der Waals surface area contributed by atoms with E-state index in [0.717, 1.165) is 36.7 Å². The normalized spacial score (nSPS) is 18.7. The van der Waals surface area contributed by atoms with Gasteiger partial charge in [0.25, 0.3) is 0 Å². The maximum absolute atomic E-state index is 5.69. The minimum atomic E-state index is 0.471. The number of rotatable bonds is 3. The van der Waals surface area contributed by atoms with Gasteiger partial charge in [-0.3, -0.25) is 0 Å². The van der Waals surface area contributed by atoms with Gasteiger partial charge in [-0.15, -0.1) is 0 Å². The Morgan fingerprint density at radius 2 is 2.33 bits per heavy atom. The molecular formula is C12H18N2O. The van der Waals surface area contributed by atoms with E-state index in [0.29, 0.717) is 6.04 Å². The lowest BCUT2D eigenvalue weighted by Crippen LogP contribution is -2.30. The van der Waals surface area contributed by atoms with Crippen molar-refractivity contribution in [2.45, 2.75) is 26.3 Å². The minimum Gasteiger partial charge on any atom is -0.491 e. The van der Waals surface area contributed by atoms with Crippen molar-refractivity contribution in [3.63, 3.8) is 0 Å². The van der Waals surface area contributed by atoms with Crippen LogP contribution in [0.5, 0.6) is 5.75 Å². The standard InChI is InChI=1S/C12H18N2O/c1-3-7-15-11-6-4-5-10-12(11)13-8-9(2)14-10/h4-6,9,13-14H,3,7-8H2,1-2H3. The van der Waals surface area contributed by atoms with Gasteiger partial charge in [0.1, 0.15) is 11.4 Å². The minimum absolute atomic E-state index is 0.471. The number of anilines is 2. The average molecular weight is 206 g/mol. The second-order valence-corrected chi connectivity index (χ2v) is 3.95. The second kappa shape index (κ2) is 4.43. The number of para-hydroxylation sites is 1. The Balaban J connectivity index is 2.21. The molecule has 1 aliphatic rings. The van der Waals surface area contributed by atoms with Crippen LogP contribution in [0.1, 0.15) is 20.3 Å². The molecule has 15 heavy (non-hydrogen) atoms. The van der Waals surface area contributed by atoms with Gasteiger partial charge in [-0.25, -0.2) is 0 Å². The van der Waals surface area contributed by atoms with Crippen LogP contribution < -0.4 is 15.4 Å². The summed E-state index contributed by atoms with van der Waals surface area (Å²) >= 11 is 0. The monoisotopic (exact) mass is 206 g/mol. The van der Waals surface area contributed by atoms with Crippen LogP contribution in [0, 0.1) is 0 Å². The zero-order chi connectivity index (χ0) is 10.7. The summed E-state index contributed by atoms with van der Waals surface area (Å²) < 4.78 is 5.69. The lowest BCUT2D eigenvalue weighted by atomic mass is 10.1. The number of nitrogens with one attached hydrogen (secondary N) is 2. The van der Waals surface area contributed by atoms with Crippen molar-refractivity contribution >= 4 is 11.4 Å². The number of hydrogen-bond donors (Lipinski definition) is 2. The lowest BCUT2D eigenvalue weighted by molar-refractivity contribution is 0.318. The highest BCUT2D eigenvalue weighted by atomic mass is 16.5. The van der Waals surface area contributed by atoms with Gasteiger partial charge in [0.15, 0.2) is 0 Å². The fourth-order valence-electron chi connectivity index (χ4n) is 1.74. The first kappa shape index (κ1) is 10.1. The van der Waals surface area contributed by atoms with Crippen LogP contribution in [0.3, 0.4) is 0 Å². The molecule has 3 heteroatoms. The third-order valence-electron chi connectivity index (χ3n) is 2.47. The molecule has 82 valence electrons. The van der Waals surface area contributed by atoms with E-state index in [1.165, 1.54) is 0 Å². The molecule has 0 spiro atoms. The summed E-state index contributed by atoms with van der Waals surface area (Å²) in [4.78, 5) is 0. The maximum Gasteiger partial charge on any atom is 0.144 e. The van der Waals surface area contributed by atoms with Crippen molar-refractivity contribution in [2.24, 2.45) is 0 Å². The van der Waals surface area contributed by atoms with Crippen LogP contribution >= 0.6 is 0 Å². The maximum atomic E-state index is 5.69. The molecule has 2 rings (SSSR count). The molecule has 3 nitrogen and oxygen atoms in total. The molecule has 0 aliphatic carbocycles. The number of fused-ring (bicyclic) bond motifs is 1. The van der Waals surface area contributed by atoms with Gasteiger partial charge in [-0.2, -0.15) is 0 Å². The average Bonchev–Trinajstić information content (AvgIpc) is 2.25. The Morgan fingerprint density at radius 1 is 1.47 bits per heavy atom. The first-order valence-corrected chi connectivity index (χ1v) is 5.57. The van der Waals surface area contributed by atoms with Crippen LogP contribution in [0.2, 0.25) is 0 Å². The molecule has 0 saturated heterocycles. The van der Waals surface area contributed by atoms with E-state index < -0.39 is 0 Å². The van der Waals surface area contributed by atoms with E-state index in [2.05, 4.69) is 30.5 Å². The van der Waals surface area contributed by atoms with Crippen molar-refractivity contribution in [3.05, 3.63) is 18.2 Å². The number of benzene rings is 1. The SMILES string of the molecule is CCCOc1cccc2c1NCC(C)N2. The molecule has 1 aromatic carbocycles. The van der Waals surface area contributed by atoms with Crippen LogP contribution in [0.4, 0.5) is 11.4 Å². The molecule has 1 aromatic rings. The van der Waals surface area contributed by atoms with Crippen molar-refractivity contribution in [1.82, 2.24) is 0 Å². The van der Waals surface area contributed by atoms with Gasteiger partial charge in [0.05, 0.1) is 12.3 Å². The van der Waals surface area contributed by atoms with E-state index >= 15 is 0 Å². The van der Waals surface area contributed by atoms with Gasteiger partial charge >= 0.3 is 0 Å².